The normalized spacial score (nSPS) is 13.1. The highest BCUT2D eigenvalue weighted by Crippen LogP contribution is 2.32. The molecule has 0 radical (unpaired) electrons. The van der Waals surface area contributed by atoms with Crippen LogP contribution in [0, 0.1) is 0 Å². The Morgan fingerprint density at radius 2 is 1.81 bits per heavy atom. The second-order valence-electron chi connectivity index (χ2n) is 4.14. The van der Waals surface area contributed by atoms with Gasteiger partial charge in [0.25, 0.3) is 0 Å². The van der Waals surface area contributed by atoms with Gasteiger partial charge in [-0.3, -0.25) is 0 Å². The molecule has 1 heterocycles. The first kappa shape index (κ1) is 11.3. The third kappa shape index (κ3) is 2.89. The van der Waals surface area contributed by atoms with Gasteiger partial charge in [0.1, 0.15) is 0 Å². The Balaban J connectivity index is 1.77. The van der Waals surface area contributed by atoms with E-state index in [2.05, 4.69) is 12.1 Å². The Morgan fingerprint density at radius 3 is 2.69 bits per heavy atom. The molecule has 2 rings (SSSR count). The number of benzene rings is 1. The Kier molecular flexibility index (Phi) is 4.05. The van der Waals surface area contributed by atoms with Crippen LogP contribution in [0.4, 0.5) is 0 Å². The van der Waals surface area contributed by atoms with Crippen LogP contribution in [0.1, 0.15) is 31.2 Å². The smallest absolute Gasteiger partial charge is 0.231 e. The summed E-state index contributed by atoms with van der Waals surface area (Å²) in [4.78, 5) is 0. The van der Waals surface area contributed by atoms with Crippen molar-refractivity contribution in [3.05, 3.63) is 23.8 Å². The zero-order chi connectivity index (χ0) is 11.2. The summed E-state index contributed by atoms with van der Waals surface area (Å²) in [6.07, 6.45) is 5.97. The maximum absolute atomic E-state index is 5.45. The number of nitrogens with two attached hydrogens (primary N) is 1. The van der Waals surface area contributed by atoms with E-state index in [9.17, 15) is 0 Å². The highest BCUT2D eigenvalue weighted by Gasteiger charge is 2.12. The van der Waals surface area contributed by atoms with Gasteiger partial charge in [-0.2, -0.15) is 0 Å². The van der Waals surface area contributed by atoms with Crippen molar-refractivity contribution >= 4 is 0 Å². The van der Waals surface area contributed by atoms with Crippen LogP contribution in [0.15, 0.2) is 18.2 Å². The van der Waals surface area contributed by atoms with Crippen LogP contribution >= 0.6 is 0 Å². The van der Waals surface area contributed by atoms with Crippen molar-refractivity contribution in [1.29, 1.82) is 0 Å². The van der Waals surface area contributed by atoms with Gasteiger partial charge < -0.3 is 15.2 Å². The van der Waals surface area contributed by atoms with E-state index in [-0.39, 0.29) is 0 Å². The van der Waals surface area contributed by atoms with Crippen LogP contribution in [0.2, 0.25) is 0 Å². The standard InChI is InChI=1S/C13H19NO2/c14-8-4-2-1-3-5-11-6-7-12-13(9-11)16-10-15-12/h6-7,9H,1-5,8,10,14H2. The highest BCUT2D eigenvalue weighted by atomic mass is 16.7. The van der Waals surface area contributed by atoms with E-state index in [0.717, 1.165) is 30.9 Å². The van der Waals surface area contributed by atoms with E-state index in [1.54, 1.807) is 0 Å². The van der Waals surface area contributed by atoms with E-state index in [1.807, 2.05) is 6.07 Å². The van der Waals surface area contributed by atoms with Crippen molar-refractivity contribution < 1.29 is 9.47 Å². The first-order valence-electron chi connectivity index (χ1n) is 5.99. The van der Waals surface area contributed by atoms with E-state index in [0.29, 0.717) is 6.79 Å². The van der Waals surface area contributed by atoms with Gasteiger partial charge in [-0.1, -0.05) is 18.9 Å². The second-order valence-corrected chi connectivity index (χ2v) is 4.14. The minimum Gasteiger partial charge on any atom is -0.454 e. The average molecular weight is 221 g/mol. The fourth-order valence-electron chi connectivity index (χ4n) is 1.92. The predicted octanol–water partition coefficient (Wildman–Crippen LogP) is 2.48. The summed E-state index contributed by atoms with van der Waals surface area (Å²) in [6.45, 7) is 1.17. The van der Waals surface area contributed by atoms with Gasteiger partial charge >= 0.3 is 0 Å². The lowest BCUT2D eigenvalue weighted by atomic mass is 10.1. The third-order valence-electron chi connectivity index (χ3n) is 2.86. The van der Waals surface area contributed by atoms with Crippen molar-refractivity contribution in [3.63, 3.8) is 0 Å². The molecule has 1 aromatic rings. The second kappa shape index (κ2) is 5.75. The average Bonchev–Trinajstić information content (AvgIpc) is 2.76. The van der Waals surface area contributed by atoms with Gasteiger partial charge in [0, 0.05) is 0 Å². The molecule has 0 saturated carbocycles. The molecule has 3 nitrogen and oxygen atoms in total. The molecule has 0 bridgehead atoms. The zero-order valence-electron chi connectivity index (χ0n) is 9.58. The summed E-state index contributed by atoms with van der Waals surface area (Å²) in [5.74, 6) is 1.76. The van der Waals surface area contributed by atoms with E-state index < -0.39 is 0 Å². The van der Waals surface area contributed by atoms with Crippen molar-refractivity contribution in [1.82, 2.24) is 0 Å². The molecule has 0 aliphatic carbocycles. The topological polar surface area (TPSA) is 44.5 Å². The van der Waals surface area contributed by atoms with Gasteiger partial charge in [-0.25, -0.2) is 0 Å². The first-order valence-corrected chi connectivity index (χ1v) is 5.99. The molecule has 2 N–H and O–H groups in total. The molecule has 1 aromatic carbocycles. The van der Waals surface area contributed by atoms with E-state index in [4.69, 9.17) is 15.2 Å². The Labute approximate surface area is 96.5 Å². The van der Waals surface area contributed by atoms with Crippen LogP contribution < -0.4 is 15.2 Å². The van der Waals surface area contributed by atoms with Crippen LogP contribution in [0.3, 0.4) is 0 Å². The van der Waals surface area contributed by atoms with Gasteiger partial charge in [-0.05, 0) is 43.5 Å². The van der Waals surface area contributed by atoms with Crippen LogP contribution in [-0.2, 0) is 6.42 Å². The number of hydrogen-bond donors (Lipinski definition) is 1. The predicted molar refractivity (Wildman–Crippen MR) is 63.8 cm³/mol. The maximum Gasteiger partial charge on any atom is 0.231 e. The van der Waals surface area contributed by atoms with Gasteiger partial charge in [0.2, 0.25) is 6.79 Å². The molecule has 88 valence electrons. The summed E-state index contributed by atoms with van der Waals surface area (Å²) in [5.41, 5.74) is 6.78. The molecule has 16 heavy (non-hydrogen) atoms. The van der Waals surface area contributed by atoms with Gasteiger partial charge in [0.05, 0.1) is 0 Å². The van der Waals surface area contributed by atoms with E-state index in [1.165, 1.54) is 24.8 Å². The summed E-state index contributed by atoms with van der Waals surface area (Å²) in [6, 6.07) is 6.21. The molecule has 0 saturated heterocycles. The molecule has 0 unspecified atom stereocenters. The van der Waals surface area contributed by atoms with Crippen LogP contribution in [0.25, 0.3) is 0 Å². The number of unbranched alkanes of at least 4 members (excludes halogenated alkanes) is 3. The van der Waals surface area contributed by atoms with Gasteiger partial charge in [0.15, 0.2) is 11.5 Å². The quantitative estimate of drug-likeness (QED) is 0.750. The Bertz CT molecular complexity index is 339. The van der Waals surface area contributed by atoms with Crippen LogP contribution in [-0.4, -0.2) is 13.3 Å². The number of fused-ring (bicyclic) bond motifs is 1. The monoisotopic (exact) mass is 221 g/mol. The molecule has 0 aromatic heterocycles. The zero-order valence-corrected chi connectivity index (χ0v) is 9.58. The largest absolute Gasteiger partial charge is 0.454 e. The number of rotatable bonds is 6. The highest BCUT2D eigenvalue weighted by molar-refractivity contribution is 5.44. The van der Waals surface area contributed by atoms with Crippen molar-refractivity contribution in [3.8, 4) is 11.5 Å². The summed E-state index contributed by atoms with van der Waals surface area (Å²) >= 11 is 0. The lowest BCUT2D eigenvalue weighted by Gasteiger charge is -2.03. The molecular formula is C13H19NO2. The van der Waals surface area contributed by atoms with E-state index >= 15 is 0 Å². The fraction of sp³-hybridized carbons (Fsp3) is 0.538. The fourth-order valence-corrected chi connectivity index (χ4v) is 1.92. The summed E-state index contributed by atoms with van der Waals surface area (Å²) in [7, 11) is 0. The molecule has 0 spiro atoms. The lowest BCUT2D eigenvalue weighted by Crippen LogP contribution is -1.97. The van der Waals surface area contributed by atoms with Crippen molar-refractivity contribution in [2.45, 2.75) is 32.1 Å². The SMILES string of the molecule is NCCCCCCc1ccc2c(c1)OCO2. The molecule has 3 heteroatoms. The van der Waals surface area contributed by atoms with Crippen molar-refractivity contribution in [2.75, 3.05) is 13.3 Å². The molecule has 1 aliphatic heterocycles. The molecule has 1 aliphatic rings. The summed E-state index contributed by atoms with van der Waals surface area (Å²) in [5, 5.41) is 0. The minimum absolute atomic E-state index is 0.356. The third-order valence-corrected chi connectivity index (χ3v) is 2.86. The number of ether oxygens (including phenoxy) is 2. The summed E-state index contributed by atoms with van der Waals surface area (Å²) < 4.78 is 10.6. The lowest BCUT2D eigenvalue weighted by molar-refractivity contribution is 0.174. The Hall–Kier alpha value is -1.22. The minimum atomic E-state index is 0.356. The first-order chi connectivity index (χ1) is 7.90. The molecule has 0 amide bonds. The molecule has 0 atom stereocenters. The molecule has 0 fully saturated rings. The number of aryl methyl sites for hydroxylation is 1. The van der Waals surface area contributed by atoms with Crippen LogP contribution in [0.5, 0.6) is 11.5 Å². The maximum atomic E-state index is 5.45. The van der Waals surface area contributed by atoms with Gasteiger partial charge in [-0.15, -0.1) is 0 Å². The number of hydrogen-bond acceptors (Lipinski definition) is 3. The molecular weight excluding hydrogens is 202 g/mol. The van der Waals surface area contributed by atoms with Crippen molar-refractivity contribution in [2.24, 2.45) is 5.73 Å². The Morgan fingerprint density at radius 1 is 1.00 bits per heavy atom.